The van der Waals surface area contributed by atoms with Crippen molar-refractivity contribution in [2.45, 2.75) is 12.5 Å². The summed E-state index contributed by atoms with van der Waals surface area (Å²) < 4.78 is 33.0. The maximum Gasteiger partial charge on any atom is 0.454 e. The molecule has 0 bridgehead atoms. The second kappa shape index (κ2) is 6.95. The quantitative estimate of drug-likeness (QED) is 0.631. The second-order valence-electron chi connectivity index (χ2n) is 4.27. The lowest BCUT2D eigenvalue weighted by molar-refractivity contribution is -0.384. The summed E-state index contributed by atoms with van der Waals surface area (Å²) in [4.78, 5) is 21.5. The summed E-state index contributed by atoms with van der Waals surface area (Å²) in [7, 11) is -2.93. The Bertz CT molecular complexity index is 719. The SMILES string of the molecule is O=C(N=S(=O)=O)Oc1ccc([N+](=O)[O-])c(NCC2CCO2)c1. The molecule has 118 valence electrons. The minimum Gasteiger partial charge on any atom is -0.408 e. The van der Waals surface area contributed by atoms with Gasteiger partial charge in [-0.25, -0.2) is 4.79 Å². The molecule has 1 aliphatic rings. The summed E-state index contributed by atoms with van der Waals surface area (Å²) in [6.07, 6.45) is -0.511. The van der Waals surface area contributed by atoms with E-state index in [-0.39, 0.29) is 23.2 Å². The van der Waals surface area contributed by atoms with E-state index < -0.39 is 21.5 Å². The number of hydrogen-bond donors (Lipinski definition) is 1. The largest absolute Gasteiger partial charge is 0.454 e. The molecule has 0 saturated carbocycles. The Labute approximate surface area is 125 Å². The highest BCUT2D eigenvalue weighted by molar-refractivity contribution is 7.62. The molecule has 1 unspecified atom stereocenters. The number of benzene rings is 1. The number of amides is 1. The Hall–Kier alpha value is -2.53. The van der Waals surface area contributed by atoms with Gasteiger partial charge in [0.1, 0.15) is 11.4 Å². The molecule has 1 saturated heterocycles. The van der Waals surface area contributed by atoms with Crippen LogP contribution in [0.1, 0.15) is 6.42 Å². The lowest BCUT2D eigenvalue weighted by Gasteiger charge is -2.26. The lowest BCUT2D eigenvalue weighted by atomic mass is 10.2. The molecular formula is C11H11N3O7S. The van der Waals surface area contributed by atoms with E-state index in [9.17, 15) is 23.3 Å². The van der Waals surface area contributed by atoms with Gasteiger partial charge in [-0.2, -0.15) is 8.42 Å². The van der Waals surface area contributed by atoms with E-state index in [1.54, 1.807) is 0 Å². The van der Waals surface area contributed by atoms with E-state index >= 15 is 0 Å². The van der Waals surface area contributed by atoms with E-state index in [0.717, 1.165) is 12.5 Å². The summed E-state index contributed by atoms with van der Waals surface area (Å²) in [6.45, 7) is 1.02. The molecule has 1 N–H and O–H groups in total. The molecule has 10 nitrogen and oxygen atoms in total. The summed E-state index contributed by atoms with van der Waals surface area (Å²) >= 11 is 0. The van der Waals surface area contributed by atoms with E-state index in [2.05, 4.69) is 14.4 Å². The number of anilines is 1. The third-order valence-corrected chi connectivity index (χ3v) is 3.13. The summed E-state index contributed by atoms with van der Waals surface area (Å²) in [5.41, 5.74) is -0.0718. The Morgan fingerprint density at radius 2 is 2.27 bits per heavy atom. The summed E-state index contributed by atoms with van der Waals surface area (Å²) in [6, 6.07) is 3.53. The number of nitro benzene ring substituents is 1. The standard InChI is InChI=1S/C11H11N3O7S/c15-11(13-22(18)19)21-7-1-2-10(14(16)17)9(5-7)12-6-8-3-4-20-8/h1-2,5,8,12H,3-4,6H2. The van der Waals surface area contributed by atoms with Crippen molar-refractivity contribution in [3.63, 3.8) is 0 Å². The molecule has 11 heteroatoms. The second-order valence-corrected chi connectivity index (χ2v) is 4.89. The van der Waals surface area contributed by atoms with Crippen LogP contribution in [0.25, 0.3) is 0 Å². The van der Waals surface area contributed by atoms with Gasteiger partial charge >= 0.3 is 16.6 Å². The van der Waals surface area contributed by atoms with Crippen LogP contribution in [0.3, 0.4) is 0 Å². The monoisotopic (exact) mass is 329 g/mol. The van der Waals surface area contributed by atoms with Crippen LogP contribution in [-0.4, -0.2) is 38.7 Å². The molecule has 1 aromatic rings. The van der Waals surface area contributed by atoms with Gasteiger partial charge in [-0.05, 0) is 12.5 Å². The van der Waals surface area contributed by atoms with E-state index in [4.69, 9.17) is 4.74 Å². The van der Waals surface area contributed by atoms with Crippen molar-refractivity contribution in [1.82, 2.24) is 0 Å². The normalized spacial score (nSPS) is 16.3. The minimum atomic E-state index is -2.93. The summed E-state index contributed by atoms with van der Waals surface area (Å²) in [5, 5.41) is 13.8. The molecular weight excluding hydrogens is 318 g/mol. The zero-order chi connectivity index (χ0) is 16.1. The number of ether oxygens (including phenoxy) is 2. The number of carbonyl (C=O) groups is 1. The molecule has 1 amide bonds. The number of carbonyl (C=O) groups excluding carboxylic acids is 1. The maximum absolute atomic E-state index is 11.1. The van der Waals surface area contributed by atoms with E-state index in [1.165, 1.54) is 12.1 Å². The third-order valence-electron chi connectivity index (χ3n) is 2.83. The number of nitrogens with one attached hydrogen (secondary N) is 1. The van der Waals surface area contributed by atoms with Crippen molar-refractivity contribution in [3.8, 4) is 5.75 Å². The van der Waals surface area contributed by atoms with Gasteiger partial charge in [0.25, 0.3) is 5.69 Å². The summed E-state index contributed by atoms with van der Waals surface area (Å²) in [5.74, 6) is -0.0678. The fourth-order valence-corrected chi connectivity index (χ4v) is 1.89. The predicted octanol–water partition coefficient (Wildman–Crippen LogP) is 1.36. The number of nitrogens with zero attached hydrogens (tertiary/aromatic N) is 2. The molecule has 2 rings (SSSR count). The highest BCUT2D eigenvalue weighted by Gasteiger charge is 2.21. The molecule has 0 spiro atoms. The van der Waals surface area contributed by atoms with Gasteiger partial charge in [0.2, 0.25) is 0 Å². The van der Waals surface area contributed by atoms with E-state index in [0.29, 0.717) is 13.2 Å². The van der Waals surface area contributed by atoms with Crippen LogP contribution >= 0.6 is 0 Å². The first-order valence-electron chi connectivity index (χ1n) is 6.12. The van der Waals surface area contributed by atoms with Crippen molar-refractivity contribution in [3.05, 3.63) is 28.3 Å². The first-order valence-corrected chi connectivity index (χ1v) is 7.15. The first-order chi connectivity index (χ1) is 10.5. The van der Waals surface area contributed by atoms with E-state index in [1.807, 2.05) is 0 Å². The number of hydrogen-bond acceptors (Lipinski definition) is 8. The molecule has 1 heterocycles. The minimum absolute atomic E-state index is 0.0244. The zero-order valence-electron chi connectivity index (χ0n) is 11.1. The maximum atomic E-state index is 11.1. The topological polar surface area (TPSA) is 137 Å². The van der Waals surface area contributed by atoms with Gasteiger partial charge in [0.05, 0.1) is 11.0 Å². The Morgan fingerprint density at radius 1 is 1.55 bits per heavy atom. The molecule has 0 aliphatic carbocycles. The van der Waals surface area contributed by atoms with Crippen LogP contribution in [0.2, 0.25) is 0 Å². The van der Waals surface area contributed by atoms with Crippen molar-refractivity contribution in [2.24, 2.45) is 4.36 Å². The van der Waals surface area contributed by atoms with Crippen molar-refractivity contribution >= 4 is 28.0 Å². The Morgan fingerprint density at radius 3 is 2.82 bits per heavy atom. The van der Waals surface area contributed by atoms with Crippen LogP contribution in [0, 0.1) is 10.1 Å². The Balaban J connectivity index is 2.16. The van der Waals surface area contributed by atoms with Gasteiger partial charge in [-0.1, -0.05) is 4.36 Å². The molecule has 0 radical (unpaired) electrons. The zero-order valence-corrected chi connectivity index (χ0v) is 11.9. The fraction of sp³-hybridized carbons (Fsp3) is 0.364. The average Bonchev–Trinajstić information content (AvgIpc) is 2.35. The third kappa shape index (κ3) is 4.23. The lowest BCUT2D eigenvalue weighted by Crippen LogP contribution is -2.33. The van der Waals surface area contributed by atoms with Gasteiger partial charge < -0.3 is 14.8 Å². The molecule has 22 heavy (non-hydrogen) atoms. The van der Waals surface area contributed by atoms with Crippen molar-refractivity contribution in [1.29, 1.82) is 0 Å². The number of rotatable bonds is 5. The van der Waals surface area contributed by atoms with Crippen molar-refractivity contribution in [2.75, 3.05) is 18.5 Å². The van der Waals surface area contributed by atoms with Crippen LogP contribution in [0.15, 0.2) is 22.6 Å². The van der Waals surface area contributed by atoms with Gasteiger partial charge in [0.15, 0.2) is 0 Å². The van der Waals surface area contributed by atoms with Gasteiger partial charge in [-0.15, -0.1) is 0 Å². The molecule has 1 aromatic carbocycles. The van der Waals surface area contributed by atoms with Gasteiger partial charge in [-0.3, -0.25) is 10.1 Å². The highest BCUT2D eigenvalue weighted by atomic mass is 32.2. The van der Waals surface area contributed by atoms with Crippen LogP contribution in [0.4, 0.5) is 16.2 Å². The fourth-order valence-electron chi connectivity index (χ4n) is 1.73. The predicted molar refractivity (Wildman–Crippen MR) is 73.3 cm³/mol. The van der Waals surface area contributed by atoms with Crippen LogP contribution in [-0.2, 0) is 15.2 Å². The molecule has 1 aliphatic heterocycles. The molecule has 1 fully saturated rings. The Kier molecular flexibility index (Phi) is 5.01. The van der Waals surface area contributed by atoms with Crippen molar-refractivity contribution < 1.29 is 27.6 Å². The first kappa shape index (κ1) is 15.9. The van der Waals surface area contributed by atoms with Gasteiger partial charge in [0, 0.05) is 25.3 Å². The van der Waals surface area contributed by atoms with Crippen LogP contribution in [0.5, 0.6) is 5.75 Å². The molecule has 0 aromatic heterocycles. The smallest absolute Gasteiger partial charge is 0.408 e. The number of nitro groups is 1. The average molecular weight is 329 g/mol. The van der Waals surface area contributed by atoms with Crippen LogP contribution < -0.4 is 10.1 Å². The highest BCUT2D eigenvalue weighted by Crippen LogP contribution is 2.29. The molecule has 1 atom stereocenters.